The number of anilines is 1. The lowest BCUT2D eigenvalue weighted by molar-refractivity contribution is 0.737. The third kappa shape index (κ3) is 3.14. The molecule has 3 heteroatoms. The van der Waals surface area contributed by atoms with Gasteiger partial charge in [-0.05, 0) is 50.8 Å². The van der Waals surface area contributed by atoms with Crippen LogP contribution < -0.4 is 10.6 Å². The number of hydrogen-bond donors (Lipinski definition) is 1. The minimum absolute atomic E-state index is 0.183. The number of hydrogen-bond acceptors (Lipinski definition) is 2. The lowest BCUT2D eigenvalue weighted by Gasteiger charge is -2.24. The van der Waals surface area contributed by atoms with Crippen LogP contribution in [0, 0.1) is 0 Å². The van der Waals surface area contributed by atoms with Crippen LogP contribution >= 0.6 is 11.6 Å². The van der Waals surface area contributed by atoms with Gasteiger partial charge in [0.05, 0.1) is 10.7 Å². The quantitative estimate of drug-likeness (QED) is 0.872. The van der Waals surface area contributed by atoms with Gasteiger partial charge >= 0.3 is 0 Å². The molecule has 0 bridgehead atoms. The molecule has 1 aromatic rings. The number of nitrogens with zero attached hydrogens (tertiary/aromatic N) is 1. The first-order valence-corrected chi connectivity index (χ1v) is 6.80. The van der Waals surface area contributed by atoms with Crippen LogP contribution in [0.1, 0.15) is 32.3 Å². The van der Waals surface area contributed by atoms with Gasteiger partial charge in [0.25, 0.3) is 0 Å². The smallest absolute Gasteiger partial charge is 0.0642 e. The molecule has 0 spiro atoms. The lowest BCUT2D eigenvalue weighted by atomic mass is 10.1. The Hall–Kier alpha value is -0.730. The first kappa shape index (κ1) is 12.7. The van der Waals surface area contributed by atoms with E-state index in [0.29, 0.717) is 6.04 Å². The van der Waals surface area contributed by atoms with Gasteiger partial charge in [-0.3, -0.25) is 0 Å². The Bertz CT molecular complexity index is 386. The summed E-state index contributed by atoms with van der Waals surface area (Å²) in [7, 11) is 0. The number of halogens is 1. The monoisotopic (exact) mass is 252 g/mol. The zero-order valence-corrected chi connectivity index (χ0v) is 11.4. The highest BCUT2D eigenvalue weighted by Crippen LogP contribution is 2.35. The van der Waals surface area contributed by atoms with Gasteiger partial charge in [-0.15, -0.1) is 0 Å². The summed E-state index contributed by atoms with van der Waals surface area (Å²) in [6.07, 6.45) is 3.48. The highest BCUT2D eigenvalue weighted by atomic mass is 35.5. The summed E-state index contributed by atoms with van der Waals surface area (Å²) in [5, 5.41) is 0.858. The van der Waals surface area contributed by atoms with E-state index >= 15 is 0 Å². The second kappa shape index (κ2) is 5.28. The lowest BCUT2D eigenvalue weighted by Crippen LogP contribution is -2.25. The Morgan fingerprint density at radius 2 is 2.18 bits per heavy atom. The molecule has 2 nitrogen and oxygen atoms in total. The maximum atomic E-state index is 6.38. The van der Waals surface area contributed by atoms with Gasteiger partial charge in [0.1, 0.15) is 0 Å². The van der Waals surface area contributed by atoms with Gasteiger partial charge < -0.3 is 10.6 Å². The molecule has 94 valence electrons. The van der Waals surface area contributed by atoms with Crippen molar-refractivity contribution in [2.24, 2.45) is 5.73 Å². The van der Waals surface area contributed by atoms with Crippen LogP contribution in [-0.4, -0.2) is 18.6 Å². The maximum Gasteiger partial charge on any atom is 0.0642 e. The van der Waals surface area contributed by atoms with Crippen LogP contribution in [0.4, 0.5) is 5.69 Å². The molecule has 1 aromatic carbocycles. The Kier molecular flexibility index (Phi) is 3.95. The van der Waals surface area contributed by atoms with Crippen molar-refractivity contribution < 1.29 is 0 Å². The Morgan fingerprint density at radius 3 is 2.65 bits per heavy atom. The largest absolute Gasteiger partial charge is 0.368 e. The van der Waals surface area contributed by atoms with Crippen molar-refractivity contribution in [2.75, 3.05) is 11.4 Å². The Labute approximate surface area is 109 Å². The molecule has 1 aliphatic carbocycles. The summed E-state index contributed by atoms with van der Waals surface area (Å²) in [5.41, 5.74) is 8.20. The summed E-state index contributed by atoms with van der Waals surface area (Å²) >= 11 is 6.38. The van der Waals surface area contributed by atoms with Crippen molar-refractivity contribution >= 4 is 17.3 Å². The van der Waals surface area contributed by atoms with Crippen LogP contribution in [-0.2, 0) is 6.42 Å². The fourth-order valence-electron chi connectivity index (χ4n) is 2.29. The zero-order chi connectivity index (χ0) is 12.4. The van der Waals surface area contributed by atoms with Crippen molar-refractivity contribution in [1.29, 1.82) is 0 Å². The summed E-state index contributed by atoms with van der Waals surface area (Å²) < 4.78 is 0. The molecule has 1 aliphatic rings. The molecule has 1 fully saturated rings. The summed E-state index contributed by atoms with van der Waals surface area (Å²) in [6, 6.07) is 7.24. The number of nitrogens with two attached hydrogens (primary N) is 1. The third-order valence-electron chi connectivity index (χ3n) is 3.21. The fourth-order valence-corrected chi connectivity index (χ4v) is 2.61. The topological polar surface area (TPSA) is 29.3 Å². The average molecular weight is 253 g/mol. The van der Waals surface area contributed by atoms with Gasteiger partial charge in [-0.2, -0.15) is 0 Å². The summed E-state index contributed by atoms with van der Waals surface area (Å²) in [6.45, 7) is 5.23. The van der Waals surface area contributed by atoms with Crippen LogP contribution in [0.2, 0.25) is 5.02 Å². The highest BCUT2D eigenvalue weighted by Gasteiger charge is 2.29. The van der Waals surface area contributed by atoms with E-state index < -0.39 is 0 Å². The molecule has 1 unspecified atom stereocenters. The zero-order valence-electron chi connectivity index (χ0n) is 10.6. The van der Waals surface area contributed by atoms with E-state index in [4.69, 9.17) is 17.3 Å². The standard InChI is InChI=1S/C14H21ClN2/c1-3-17(12-5-6-12)14-7-4-11(8-10(2)16)9-13(14)15/h4,7,9-10,12H,3,5-6,8,16H2,1-2H3. The van der Waals surface area contributed by atoms with Crippen LogP contribution in [0.25, 0.3) is 0 Å². The minimum atomic E-state index is 0.183. The van der Waals surface area contributed by atoms with Gasteiger partial charge in [0.15, 0.2) is 0 Å². The molecule has 17 heavy (non-hydrogen) atoms. The molecule has 0 amide bonds. The first-order valence-electron chi connectivity index (χ1n) is 6.42. The minimum Gasteiger partial charge on any atom is -0.368 e. The highest BCUT2D eigenvalue weighted by molar-refractivity contribution is 6.33. The van der Waals surface area contributed by atoms with Crippen LogP contribution in [0.5, 0.6) is 0 Å². The molecule has 1 atom stereocenters. The molecule has 2 rings (SSSR count). The van der Waals surface area contributed by atoms with Gasteiger partial charge in [0.2, 0.25) is 0 Å². The summed E-state index contributed by atoms with van der Waals surface area (Å²) in [4.78, 5) is 2.40. The molecule has 1 saturated carbocycles. The van der Waals surface area contributed by atoms with E-state index in [9.17, 15) is 0 Å². The van der Waals surface area contributed by atoms with Gasteiger partial charge in [0, 0.05) is 18.6 Å². The predicted molar refractivity (Wildman–Crippen MR) is 74.8 cm³/mol. The average Bonchev–Trinajstić information content (AvgIpc) is 3.05. The maximum absolute atomic E-state index is 6.38. The van der Waals surface area contributed by atoms with Crippen molar-refractivity contribution in [2.45, 2.75) is 45.2 Å². The van der Waals surface area contributed by atoms with Crippen molar-refractivity contribution in [3.8, 4) is 0 Å². The number of rotatable bonds is 5. The van der Waals surface area contributed by atoms with E-state index in [2.05, 4.69) is 30.0 Å². The molecular formula is C14H21ClN2. The number of benzene rings is 1. The van der Waals surface area contributed by atoms with Crippen molar-refractivity contribution in [3.63, 3.8) is 0 Å². The van der Waals surface area contributed by atoms with Gasteiger partial charge in [-0.1, -0.05) is 17.7 Å². The second-order valence-electron chi connectivity index (χ2n) is 4.98. The van der Waals surface area contributed by atoms with Crippen molar-refractivity contribution in [3.05, 3.63) is 28.8 Å². The molecule has 0 saturated heterocycles. The van der Waals surface area contributed by atoms with Gasteiger partial charge in [-0.25, -0.2) is 0 Å². The summed E-state index contributed by atoms with van der Waals surface area (Å²) in [5.74, 6) is 0. The fraction of sp³-hybridized carbons (Fsp3) is 0.571. The van der Waals surface area contributed by atoms with E-state index in [1.165, 1.54) is 24.1 Å². The van der Waals surface area contributed by atoms with Crippen molar-refractivity contribution in [1.82, 2.24) is 0 Å². The van der Waals surface area contributed by atoms with Crippen LogP contribution in [0.15, 0.2) is 18.2 Å². The Balaban J connectivity index is 2.18. The predicted octanol–water partition coefficient (Wildman–Crippen LogP) is 3.22. The van der Waals surface area contributed by atoms with E-state index in [1.807, 2.05) is 6.92 Å². The van der Waals surface area contributed by atoms with E-state index in [0.717, 1.165) is 18.0 Å². The first-order chi connectivity index (χ1) is 8.11. The molecule has 0 aliphatic heterocycles. The van der Waals surface area contributed by atoms with Crippen LogP contribution in [0.3, 0.4) is 0 Å². The third-order valence-corrected chi connectivity index (χ3v) is 3.51. The molecule has 0 aromatic heterocycles. The SMILES string of the molecule is CCN(c1ccc(CC(C)N)cc1Cl)C1CC1. The molecule has 0 heterocycles. The van der Waals surface area contributed by atoms with E-state index in [1.54, 1.807) is 0 Å². The van der Waals surface area contributed by atoms with E-state index in [-0.39, 0.29) is 6.04 Å². The molecular weight excluding hydrogens is 232 g/mol. The molecule has 2 N–H and O–H groups in total. The Morgan fingerprint density at radius 1 is 1.47 bits per heavy atom. The second-order valence-corrected chi connectivity index (χ2v) is 5.39. The molecule has 0 radical (unpaired) electrons. The normalized spacial score (nSPS) is 16.9.